The van der Waals surface area contributed by atoms with Gasteiger partial charge in [0.15, 0.2) is 0 Å². The van der Waals surface area contributed by atoms with E-state index in [2.05, 4.69) is 5.10 Å². The Morgan fingerprint density at radius 2 is 2.55 bits per heavy atom. The molecule has 60 valence electrons. The van der Waals surface area contributed by atoms with Crippen LogP contribution in [0.25, 0.3) is 0 Å². The minimum atomic E-state index is -0.110. The van der Waals surface area contributed by atoms with Crippen molar-refractivity contribution in [3.63, 3.8) is 0 Å². The van der Waals surface area contributed by atoms with Crippen molar-refractivity contribution in [2.45, 2.75) is 6.42 Å². The number of hydrogen-bond acceptors (Lipinski definition) is 2. The van der Waals surface area contributed by atoms with Crippen LogP contribution < -0.4 is 11.3 Å². The molecule has 5 nitrogen and oxygen atoms in total. The molecule has 0 radical (unpaired) electrons. The summed E-state index contributed by atoms with van der Waals surface area (Å²) in [4.78, 5) is 10.8. The highest BCUT2D eigenvalue weighted by Crippen LogP contribution is 1.88. The molecule has 5 heteroatoms. The van der Waals surface area contributed by atoms with Gasteiger partial charge in [-0.1, -0.05) is 0 Å². The third-order valence-electron chi connectivity index (χ3n) is 1.32. The lowest BCUT2D eigenvalue weighted by atomic mass is 10.3. The smallest absolute Gasteiger partial charge is 0.266 e. The van der Waals surface area contributed by atoms with Gasteiger partial charge in [-0.15, -0.1) is 0 Å². The molecule has 0 saturated carbocycles. The third-order valence-corrected chi connectivity index (χ3v) is 1.32. The van der Waals surface area contributed by atoms with E-state index in [9.17, 15) is 4.79 Å². The van der Waals surface area contributed by atoms with Gasteiger partial charge in [-0.25, -0.2) is 0 Å². The summed E-state index contributed by atoms with van der Waals surface area (Å²) in [5.41, 5.74) is 5.70. The van der Waals surface area contributed by atoms with E-state index in [0.29, 0.717) is 12.1 Å². The van der Waals surface area contributed by atoms with Crippen molar-refractivity contribution in [1.29, 1.82) is 5.41 Å². The molecular formula is C6H10N4O. The fourth-order valence-electron chi connectivity index (χ4n) is 0.844. The second-order valence-corrected chi connectivity index (χ2v) is 2.38. The lowest BCUT2D eigenvalue weighted by Gasteiger charge is -1.92. The molecule has 1 rings (SSSR count). The maximum Gasteiger partial charge on any atom is 0.266 e. The van der Waals surface area contributed by atoms with E-state index < -0.39 is 0 Å². The highest BCUT2D eigenvalue weighted by Gasteiger charge is 1.99. The Balaban J connectivity index is 2.89. The molecule has 1 aromatic rings. The predicted molar refractivity (Wildman–Crippen MR) is 41.7 cm³/mol. The first kappa shape index (κ1) is 7.59. The quantitative estimate of drug-likeness (QED) is 0.384. The molecule has 0 amide bonds. The van der Waals surface area contributed by atoms with Gasteiger partial charge in [0, 0.05) is 25.2 Å². The number of nitrogens with zero attached hydrogens (tertiary/aromatic N) is 1. The molecule has 0 fully saturated rings. The van der Waals surface area contributed by atoms with Crippen LogP contribution in [-0.4, -0.2) is 15.6 Å². The fourth-order valence-corrected chi connectivity index (χ4v) is 0.844. The Morgan fingerprint density at radius 3 is 2.91 bits per heavy atom. The normalized spacial score (nSPS) is 9.91. The second-order valence-electron chi connectivity index (χ2n) is 2.38. The Labute approximate surface area is 63.3 Å². The predicted octanol–water partition coefficient (Wildman–Crippen LogP) is -0.808. The maximum atomic E-state index is 10.8. The van der Waals surface area contributed by atoms with Gasteiger partial charge < -0.3 is 5.73 Å². The largest absolute Gasteiger partial charge is 0.387 e. The van der Waals surface area contributed by atoms with Crippen molar-refractivity contribution in [2.75, 3.05) is 0 Å². The van der Waals surface area contributed by atoms with Crippen LogP contribution in [0.4, 0.5) is 0 Å². The zero-order valence-electron chi connectivity index (χ0n) is 6.22. The van der Waals surface area contributed by atoms with Gasteiger partial charge in [-0.05, 0) is 0 Å². The van der Waals surface area contributed by atoms with Gasteiger partial charge in [-0.2, -0.15) is 0 Å². The van der Waals surface area contributed by atoms with Crippen molar-refractivity contribution in [2.24, 2.45) is 12.8 Å². The van der Waals surface area contributed by atoms with Gasteiger partial charge in [0.1, 0.15) is 0 Å². The molecule has 0 atom stereocenters. The molecule has 0 unspecified atom stereocenters. The van der Waals surface area contributed by atoms with Crippen molar-refractivity contribution in [3.8, 4) is 0 Å². The van der Waals surface area contributed by atoms with Crippen molar-refractivity contribution in [3.05, 3.63) is 22.1 Å². The maximum absolute atomic E-state index is 10.8. The SMILES string of the molecule is Cn1[nH]c(CC(=N)N)cc1=O. The van der Waals surface area contributed by atoms with Crippen LogP contribution in [0.1, 0.15) is 5.69 Å². The molecule has 0 aliphatic heterocycles. The minimum absolute atomic E-state index is 0.0480. The van der Waals surface area contributed by atoms with E-state index in [1.165, 1.54) is 10.7 Å². The van der Waals surface area contributed by atoms with Crippen LogP contribution in [0.5, 0.6) is 0 Å². The highest BCUT2D eigenvalue weighted by molar-refractivity contribution is 5.78. The van der Waals surface area contributed by atoms with Crippen molar-refractivity contribution < 1.29 is 0 Å². The Kier molecular flexibility index (Phi) is 1.80. The lowest BCUT2D eigenvalue weighted by molar-refractivity contribution is 0.727. The van der Waals surface area contributed by atoms with E-state index in [0.717, 1.165) is 0 Å². The van der Waals surface area contributed by atoms with Crippen molar-refractivity contribution >= 4 is 5.84 Å². The van der Waals surface area contributed by atoms with Crippen LogP contribution in [0, 0.1) is 5.41 Å². The molecule has 0 spiro atoms. The Hall–Kier alpha value is -1.52. The summed E-state index contributed by atoms with van der Waals surface area (Å²) in [6.07, 6.45) is 0.302. The standard InChI is InChI=1S/C6H10N4O/c1-10-6(11)3-4(9-10)2-5(7)8/h3,9H,2H2,1H3,(H3,7,8). The van der Waals surface area contributed by atoms with Crippen LogP contribution in [-0.2, 0) is 13.5 Å². The Bertz CT molecular complexity index is 322. The van der Waals surface area contributed by atoms with Crippen LogP contribution >= 0.6 is 0 Å². The second kappa shape index (κ2) is 2.61. The van der Waals surface area contributed by atoms with E-state index in [4.69, 9.17) is 11.1 Å². The van der Waals surface area contributed by atoms with Crippen molar-refractivity contribution in [1.82, 2.24) is 9.78 Å². The zero-order chi connectivity index (χ0) is 8.43. The van der Waals surface area contributed by atoms with E-state index in [1.807, 2.05) is 0 Å². The summed E-state index contributed by atoms with van der Waals surface area (Å²) in [6, 6.07) is 1.43. The number of aromatic amines is 1. The topological polar surface area (TPSA) is 87.7 Å². The summed E-state index contributed by atoms with van der Waals surface area (Å²) >= 11 is 0. The first-order valence-corrected chi connectivity index (χ1v) is 3.17. The number of amidine groups is 1. The number of rotatable bonds is 2. The average molecular weight is 154 g/mol. The first-order chi connectivity index (χ1) is 5.09. The van der Waals surface area contributed by atoms with E-state index in [1.54, 1.807) is 7.05 Å². The van der Waals surface area contributed by atoms with Gasteiger partial charge in [0.2, 0.25) is 0 Å². The molecule has 0 saturated heterocycles. The minimum Gasteiger partial charge on any atom is -0.387 e. The van der Waals surface area contributed by atoms with Gasteiger partial charge >= 0.3 is 0 Å². The molecule has 0 aliphatic rings. The zero-order valence-corrected chi connectivity index (χ0v) is 6.22. The number of nitrogens with one attached hydrogen (secondary N) is 2. The molecule has 1 heterocycles. The van der Waals surface area contributed by atoms with Crippen LogP contribution in [0.15, 0.2) is 10.9 Å². The number of hydrogen-bond donors (Lipinski definition) is 3. The summed E-state index contributed by atoms with van der Waals surface area (Å²) < 4.78 is 1.35. The summed E-state index contributed by atoms with van der Waals surface area (Å²) in [6.45, 7) is 0. The number of aromatic nitrogens is 2. The van der Waals surface area contributed by atoms with Gasteiger partial charge in [0.25, 0.3) is 5.56 Å². The molecule has 4 N–H and O–H groups in total. The molecule has 0 aromatic carbocycles. The fraction of sp³-hybridized carbons (Fsp3) is 0.333. The van der Waals surface area contributed by atoms with Crippen LogP contribution in [0.2, 0.25) is 0 Å². The first-order valence-electron chi connectivity index (χ1n) is 3.17. The monoisotopic (exact) mass is 154 g/mol. The van der Waals surface area contributed by atoms with Crippen LogP contribution in [0.3, 0.4) is 0 Å². The lowest BCUT2D eigenvalue weighted by Crippen LogP contribution is -2.13. The summed E-state index contributed by atoms with van der Waals surface area (Å²) in [7, 11) is 1.62. The number of nitrogens with two attached hydrogens (primary N) is 1. The summed E-state index contributed by atoms with van der Waals surface area (Å²) in [5.74, 6) is 0.0480. The third kappa shape index (κ3) is 1.70. The number of aryl methyl sites for hydroxylation is 1. The molecular weight excluding hydrogens is 144 g/mol. The highest BCUT2D eigenvalue weighted by atomic mass is 16.1. The number of H-pyrrole nitrogens is 1. The molecule has 11 heavy (non-hydrogen) atoms. The Morgan fingerprint density at radius 1 is 1.91 bits per heavy atom. The van der Waals surface area contributed by atoms with Gasteiger partial charge in [0.05, 0.1) is 5.84 Å². The van der Waals surface area contributed by atoms with E-state index >= 15 is 0 Å². The molecule has 0 bridgehead atoms. The summed E-state index contributed by atoms with van der Waals surface area (Å²) in [5, 5.41) is 9.72. The molecule has 0 aliphatic carbocycles. The average Bonchev–Trinajstić information content (AvgIpc) is 2.10. The molecule has 1 aromatic heterocycles. The van der Waals surface area contributed by atoms with E-state index in [-0.39, 0.29) is 11.4 Å². The van der Waals surface area contributed by atoms with Gasteiger partial charge in [-0.3, -0.25) is 20.0 Å².